The van der Waals surface area contributed by atoms with Crippen LogP contribution in [0.15, 0.2) is 24.3 Å². The molecule has 1 aromatic carbocycles. The number of likely N-dealkylation sites (tertiary alicyclic amines) is 2. The number of halogens is 1. The fraction of sp³-hybridized carbons (Fsp3) is 0.714. The zero-order valence-corrected chi connectivity index (χ0v) is 16.0. The van der Waals surface area contributed by atoms with E-state index in [0.29, 0.717) is 12.1 Å². The molecule has 3 rings (SSSR count). The molecule has 4 heteroatoms. The molecular weight excluding hydrogens is 315 g/mol. The molecule has 140 valence electrons. The van der Waals surface area contributed by atoms with Crippen molar-refractivity contribution in [3.63, 3.8) is 0 Å². The Hall–Kier alpha value is -0.970. The predicted molar refractivity (Wildman–Crippen MR) is 100 cm³/mol. The highest BCUT2D eigenvalue weighted by molar-refractivity contribution is 5.19. The Morgan fingerprint density at radius 2 is 1.84 bits per heavy atom. The van der Waals surface area contributed by atoms with E-state index >= 15 is 0 Å². The fourth-order valence-electron chi connectivity index (χ4n) is 4.65. The lowest BCUT2D eigenvalue weighted by Gasteiger charge is -2.48. The van der Waals surface area contributed by atoms with E-state index in [2.05, 4.69) is 23.6 Å². The van der Waals surface area contributed by atoms with E-state index in [9.17, 15) is 4.39 Å². The molecule has 0 saturated carbocycles. The smallest absolute Gasteiger partial charge is 0.126 e. The van der Waals surface area contributed by atoms with Gasteiger partial charge in [0.05, 0.1) is 6.10 Å². The summed E-state index contributed by atoms with van der Waals surface area (Å²) in [5.74, 6) is -0.0856. The molecule has 2 fully saturated rings. The summed E-state index contributed by atoms with van der Waals surface area (Å²) in [6.45, 7) is 8.02. The van der Waals surface area contributed by atoms with Crippen LogP contribution in [0.25, 0.3) is 0 Å². The Morgan fingerprint density at radius 3 is 2.48 bits per heavy atom. The summed E-state index contributed by atoms with van der Waals surface area (Å²) in [6, 6.07) is 8.72. The van der Waals surface area contributed by atoms with Crippen LogP contribution < -0.4 is 0 Å². The maximum absolute atomic E-state index is 14.2. The molecule has 2 aliphatic rings. The van der Waals surface area contributed by atoms with E-state index < -0.39 is 0 Å². The minimum absolute atomic E-state index is 0.0856. The molecular formula is C21H33FN2O. The lowest BCUT2D eigenvalue weighted by molar-refractivity contribution is -0.0484. The van der Waals surface area contributed by atoms with Gasteiger partial charge in [-0.3, -0.25) is 4.90 Å². The van der Waals surface area contributed by atoms with Gasteiger partial charge in [0.25, 0.3) is 0 Å². The summed E-state index contributed by atoms with van der Waals surface area (Å²) in [6.07, 6.45) is 5.63. The largest absolute Gasteiger partial charge is 0.380 e. The first-order valence-corrected chi connectivity index (χ1v) is 9.86. The highest BCUT2D eigenvalue weighted by atomic mass is 19.1. The second-order valence-electron chi connectivity index (χ2n) is 7.88. The van der Waals surface area contributed by atoms with Gasteiger partial charge in [-0.25, -0.2) is 4.39 Å². The van der Waals surface area contributed by atoms with Crippen LogP contribution in [0.2, 0.25) is 0 Å². The minimum atomic E-state index is -0.0856. The molecule has 0 aliphatic carbocycles. The number of rotatable bonds is 5. The Kier molecular flexibility index (Phi) is 6.48. The van der Waals surface area contributed by atoms with Gasteiger partial charge in [0.2, 0.25) is 0 Å². The molecule has 2 saturated heterocycles. The highest BCUT2D eigenvalue weighted by Gasteiger charge is 2.37. The van der Waals surface area contributed by atoms with Crippen molar-refractivity contribution in [2.24, 2.45) is 0 Å². The maximum Gasteiger partial charge on any atom is 0.126 e. The van der Waals surface area contributed by atoms with Crippen molar-refractivity contribution in [3.8, 4) is 0 Å². The number of methoxy groups -OCH3 is 1. The van der Waals surface area contributed by atoms with Gasteiger partial charge in [0, 0.05) is 25.2 Å². The Bertz CT molecular complexity index is 542. The molecule has 0 spiro atoms. The minimum Gasteiger partial charge on any atom is -0.380 e. The van der Waals surface area contributed by atoms with E-state index in [1.165, 1.54) is 32.4 Å². The molecule has 2 heterocycles. The molecule has 0 unspecified atom stereocenters. The van der Waals surface area contributed by atoms with Crippen molar-refractivity contribution in [1.29, 1.82) is 0 Å². The van der Waals surface area contributed by atoms with E-state index in [-0.39, 0.29) is 18.0 Å². The van der Waals surface area contributed by atoms with E-state index in [0.717, 1.165) is 24.9 Å². The zero-order chi connectivity index (χ0) is 17.8. The third-order valence-electron chi connectivity index (χ3n) is 6.15. The summed E-state index contributed by atoms with van der Waals surface area (Å²) in [7, 11) is 1.81. The van der Waals surface area contributed by atoms with Gasteiger partial charge in [-0.05, 0) is 77.2 Å². The number of hydrogen-bond acceptors (Lipinski definition) is 3. The van der Waals surface area contributed by atoms with Crippen molar-refractivity contribution in [1.82, 2.24) is 9.80 Å². The van der Waals surface area contributed by atoms with Gasteiger partial charge < -0.3 is 9.64 Å². The van der Waals surface area contributed by atoms with Crippen LogP contribution in [0, 0.1) is 5.82 Å². The summed E-state index contributed by atoms with van der Waals surface area (Å²) in [5, 5.41) is 0. The van der Waals surface area contributed by atoms with Gasteiger partial charge in [0.1, 0.15) is 5.82 Å². The predicted octanol–water partition coefficient (Wildman–Crippen LogP) is 3.72. The monoisotopic (exact) mass is 348 g/mol. The molecule has 2 aliphatic heterocycles. The van der Waals surface area contributed by atoms with Crippen molar-refractivity contribution >= 4 is 0 Å². The molecule has 2 atom stereocenters. The van der Waals surface area contributed by atoms with Crippen molar-refractivity contribution in [2.75, 3.05) is 26.7 Å². The molecule has 1 aromatic rings. The third kappa shape index (κ3) is 4.42. The van der Waals surface area contributed by atoms with E-state index in [1.54, 1.807) is 12.1 Å². The topological polar surface area (TPSA) is 15.7 Å². The molecule has 0 radical (unpaired) electrons. The van der Waals surface area contributed by atoms with Crippen molar-refractivity contribution in [2.45, 2.75) is 70.2 Å². The number of ether oxygens (including phenoxy) is 1. The molecule has 25 heavy (non-hydrogen) atoms. The van der Waals surface area contributed by atoms with Gasteiger partial charge in [-0.15, -0.1) is 0 Å². The third-order valence-corrected chi connectivity index (χ3v) is 6.15. The molecule has 3 nitrogen and oxygen atoms in total. The van der Waals surface area contributed by atoms with Gasteiger partial charge in [-0.1, -0.05) is 18.2 Å². The van der Waals surface area contributed by atoms with Crippen LogP contribution in [0.3, 0.4) is 0 Å². The van der Waals surface area contributed by atoms with Crippen molar-refractivity contribution in [3.05, 3.63) is 35.6 Å². The Balaban J connectivity index is 1.73. The molecule has 0 bridgehead atoms. The lowest BCUT2D eigenvalue weighted by atomic mass is 9.89. The first-order valence-electron chi connectivity index (χ1n) is 9.86. The van der Waals surface area contributed by atoms with Crippen LogP contribution in [0.4, 0.5) is 4.39 Å². The summed E-state index contributed by atoms with van der Waals surface area (Å²) in [4.78, 5) is 5.21. The van der Waals surface area contributed by atoms with Crippen LogP contribution in [0.1, 0.15) is 45.1 Å². The quantitative estimate of drug-likeness (QED) is 0.806. The molecule has 0 aromatic heterocycles. The second kappa shape index (κ2) is 8.61. The summed E-state index contributed by atoms with van der Waals surface area (Å²) < 4.78 is 20.0. The van der Waals surface area contributed by atoms with Gasteiger partial charge in [-0.2, -0.15) is 0 Å². The maximum atomic E-state index is 14.2. The van der Waals surface area contributed by atoms with Gasteiger partial charge in [0.15, 0.2) is 0 Å². The average molecular weight is 349 g/mol. The highest BCUT2D eigenvalue weighted by Crippen LogP contribution is 2.30. The zero-order valence-electron chi connectivity index (χ0n) is 16.0. The standard InChI is InChI=1S/C21H33FN2O/c1-16(2)23-13-10-18(11-14-23)24-12-6-9-21(25-3)20(24)15-17-7-4-5-8-19(17)22/h4-5,7-8,16,18,20-21H,6,9-15H2,1-3H3/t20-,21-/m0/s1. The van der Waals surface area contributed by atoms with E-state index in [1.807, 2.05) is 19.2 Å². The average Bonchev–Trinajstić information content (AvgIpc) is 2.64. The first-order chi connectivity index (χ1) is 12.1. The van der Waals surface area contributed by atoms with Crippen LogP contribution in [0.5, 0.6) is 0 Å². The van der Waals surface area contributed by atoms with Crippen LogP contribution in [-0.4, -0.2) is 60.8 Å². The number of benzene rings is 1. The van der Waals surface area contributed by atoms with Gasteiger partial charge >= 0.3 is 0 Å². The Labute approximate surface area is 152 Å². The van der Waals surface area contributed by atoms with Crippen LogP contribution >= 0.6 is 0 Å². The fourth-order valence-corrected chi connectivity index (χ4v) is 4.65. The number of hydrogen-bond donors (Lipinski definition) is 0. The summed E-state index contributed by atoms with van der Waals surface area (Å²) in [5.41, 5.74) is 0.820. The Morgan fingerprint density at radius 1 is 1.12 bits per heavy atom. The van der Waals surface area contributed by atoms with Crippen LogP contribution in [-0.2, 0) is 11.2 Å². The van der Waals surface area contributed by atoms with Crippen molar-refractivity contribution < 1.29 is 9.13 Å². The van der Waals surface area contributed by atoms with E-state index in [4.69, 9.17) is 4.74 Å². The lowest BCUT2D eigenvalue weighted by Crippen LogP contribution is -2.57. The number of piperidine rings is 2. The summed E-state index contributed by atoms with van der Waals surface area (Å²) >= 11 is 0. The first kappa shape index (κ1) is 18.8. The SMILES string of the molecule is CO[C@H]1CCCN(C2CCN(C(C)C)CC2)[C@H]1Cc1ccccc1F. The normalized spacial score (nSPS) is 27.1. The second-order valence-corrected chi connectivity index (χ2v) is 7.88. The molecule has 0 amide bonds. The molecule has 0 N–H and O–H groups in total. The number of nitrogens with zero attached hydrogens (tertiary/aromatic N) is 2.